The van der Waals surface area contributed by atoms with Gasteiger partial charge in [0.25, 0.3) is 0 Å². The second-order valence-electron chi connectivity index (χ2n) is 6.17. The molecule has 1 spiro atoms. The molecule has 0 bridgehead atoms. The van der Waals surface area contributed by atoms with E-state index >= 15 is 0 Å². The predicted molar refractivity (Wildman–Crippen MR) is 97.1 cm³/mol. The lowest BCUT2D eigenvalue weighted by Crippen LogP contribution is -2.40. The van der Waals surface area contributed by atoms with Gasteiger partial charge >= 0.3 is 5.97 Å². The Morgan fingerprint density at radius 2 is 1.78 bits per heavy atom. The molecule has 0 saturated carbocycles. The van der Waals surface area contributed by atoms with Crippen LogP contribution in [0.2, 0.25) is 0 Å². The summed E-state index contributed by atoms with van der Waals surface area (Å²) in [6, 6.07) is 10.2. The first-order valence-corrected chi connectivity index (χ1v) is 9.20. The van der Waals surface area contributed by atoms with Crippen molar-refractivity contribution in [1.82, 2.24) is 5.32 Å². The number of piperidine rings is 1. The zero-order valence-electron chi connectivity index (χ0n) is 12.3. The molecule has 23 heavy (non-hydrogen) atoms. The maximum Gasteiger partial charge on any atom is 0.337 e. The Labute approximate surface area is 151 Å². The van der Waals surface area contributed by atoms with Crippen LogP contribution in [0.3, 0.4) is 0 Å². The van der Waals surface area contributed by atoms with E-state index in [-0.39, 0.29) is 5.41 Å². The van der Waals surface area contributed by atoms with E-state index in [4.69, 9.17) is 0 Å². The average Bonchev–Trinajstić information content (AvgIpc) is 2.78. The molecule has 2 aromatic rings. The monoisotopic (exact) mass is 435 g/mol. The van der Waals surface area contributed by atoms with E-state index in [2.05, 4.69) is 55.4 Å². The second-order valence-corrected chi connectivity index (χ2v) is 7.94. The SMILES string of the molecule is O=C(O)c1c(Br)ccc2c1C1(CCNCC1)c1cc(Br)ccc1-2. The van der Waals surface area contributed by atoms with Gasteiger partial charge in [0.1, 0.15) is 0 Å². The first kappa shape index (κ1) is 15.4. The molecular formula is C18H15Br2NO2. The fourth-order valence-corrected chi connectivity index (χ4v) is 5.02. The lowest BCUT2D eigenvalue weighted by Gasteiger charge is -2.37. The molecule has 2 N–H and O–H groups in total. The minimum Gasteiger partial charge on any atom is -0.478 e. The van der Waals surface area contributed by atoms with Crippen molar-refractivity contribution >= 4 is 37.8 Å². The summed E-state index contributed by atoms with van der Waals surface area (Å²) < 4.78 is 1.70. The number of hydrogen-bond acceptors (Lipinski definition) is 2. The Balaban J connectivity index is 2.10. The summed E-state index contributed by atoms with van der Waals surface area (Å²) in [4.78, 5) is 12.0. The van der Waals surface area contributed by atoms with Gasteiger partial charge in [-0.05, 0) is 82.3 Å². The van der Waals surface area contributed by atoms with E-state index in [0.29, 0.717) is 10.0 Å². The molecule has 118 valence electrons. The molecule has 0 aromatic heterocycles. The Morgan fingerprint density at radius 3 is 2.48 bits per heavy atom. The number of rotatable bonds is 1. The molecule has 0 atom stereocenters. The van der Waals surface area contributed by atoms with Crippen molar-refractivity contribution in [2.75, 3.05) is 13.1 Å². The number of halogens is 2. The molecule has 0 radical (unpaired) electrons. The molecule has 0 unspecified atom stereocenters. The molecular weight excluding hydrogens is 422 g/mol. The fourth-order valence-electron chi connectivity index (χ4n) is 4.16. The fraction of sp³-hybridized carbons (Fsp3) is 0.278. The third-order valence-electron chi connectivity index (χ3n) is 5.09. The van der Waals surface area contributed by atoms with E-state index in [1.165, 1.54) is 11.1 Å². The zero-order valence-corrected chi connectivity index (χ0v) is 15.5. The Hall–Kier alpha value is -1.17. The van der Waals surface area contributed by atoms with Crippen molar-refractivity contribution in [3.05, 3.63) is 56.0 Å². The first-order chi connectivity index (χ1) is 11.0. The van der Waals surface area contributed by atoms with Gasteiger partial charge in [0.05, 0.1) is 5.56 Å². The predicted octanol–water partition coefficient (Wildman–Crippen LogP) is 4.56. The molecule has 1 aliphatic carbocycles. The number of hydrogen-bond donors (Lipinski definition) is 2. The van der Waals surface area contributed by atoms with E-state index in [0.717, 1.165) is 41.5 Å². The molecule has 2 aliphatic rings. The summed E-state index contributed by atoms with van der Waals surface area (Å²) >= 11 is 7.03. The molecule has 2 aromatic carbocycles. The van der Waals surface area contributed by atoms with Gasteiger partial charge in [-0.3, -0.25) is 0 Å². The molecule has 1 aliphatic heterocycles. The highest BCUT2D eigenvalue weighted by Crippen LogP contribution is 2.55. The van der Waals surface area contributed by atoms with Crippen molar-refractivity contribution < 1.29 is 9.90 Å². The van der Waals surface area contributed by atoms with Crippen LogP contribution in [-0.2, 0) is 5.41 Å². The van der Waals surface area contributed by atoms with E-state index in [9.17, 15) is 9.90 Å². The summed E-state index contributed by atoms with van der Waals surface area (Å²) in [5, 5.41) is 13.2. The largest absolute Gasteiger partial charge is 0.478 e. The van der Waals surface area contributed by atoms with Crippen molar-refractivity contribution in [3.63, 3.8) is 0 Å². The Morgan fingerprint density at radius 1 is 1.09 bits per heavy atom. The van der Waals surface area contributed by atoms with Crippen LogP contribution in [0, 0.1) is 0 Å². The molecule has 1 heterocycles. The minimum atomic E-state index is -0.862. The molecule has 1 saturated heterocycles. The van der Waals surface area contributed by atoms with Crippen molar-refractivity contribution in [2.45, 2.75) is 18.3 Å². The quantitative estimate of drug-likeness (QED) is 0.688. The number of carboxylic acid groups (broad SMARTS) is 1. The van der Waals surface area contributed by atoms with Gasteiger partial charge in [-0.15, -0.1) is 0 Å². The molecule has 3 nitrogen and oxygen atoms in total. The summed E-state index contributed by atoms with van der Waals surface area (Å²) in [6.07, 6.45) is 1.83. The Bertz CT molecular complexity index is 826. The third-order valence-corrected chi connectivity index (χ3v) is 6.25. The summed E-state index contributed by atoms with van der Waals surface area (Å²) in [6.45, 7) is 1.80. The number of carboxylic acids is 1. The van der Waals surface area contributed by atoms with Gasteiger partial charge in [0.2, 0.25) is 0 Å². The first-order valence-electron chi connectivity index (χ1n) is 7.62. The third kappa shape index (κ3) is 2.13. The number of nitrogens with one attached hydrogen (secondary N) is 1. The summed E-state index contributed by atoms with van der Waals surface area (Å²) in [7, 11) is 0. The highest BCUT2D eigenvalue weighted by atomic mass is 79.9. The maximum atomic E-state index is 12.0. The molecule has 1 fully saturated rings. The second kappa shape index (κ2) is 5.43. The average molecular weight is 437 g/mol. The molecule has 5 heteroatoms. The highest BCUT2D eigenvalue weighted by molar-refractivity contribution is 9.10. The van der Waals surface area contributed by atoms with Gasteiger partial charge in [0, 0.05) is 14.4 Å². The number of carbonyl (C=O) groups is 1. The summed E-state index contributed by atoms with van der Waals surface area (Å²) in [5.41, 5.74) is 4.67. The minimum absolute atomic E-state index is 0.211. The smallest absolute Gasteiger partial charge is 0.337 e. The Kier molecular flexibility index (Phi) is 3.63. The van der Waals surface area contributed by atoms with Gasteiger partial charge < -0.3 is 10.4 Å². The van der Waals surface area contributed by atoms with Crippen LogP contribution >= 0.6 is 31.9 Å². The normalized spacial score (nSPS) is 17.8. The van der Waals surface area contributed by atoms with Gasteiger partial charge in [-0.2, -0.15) is 0 Å². The maximum absolute atomic E-state index is 12.0. The van der Waals surface area contributed by atoms with Crippen LogP contribution in [0.1, 0.15) is 34.3 Å². The van der Waals surface area contributed by atoms with Crippen molar-refractivity contribution in [1.29, 1.82) is 0 Å². The standard InChI is InChI=1S/C18H15Br2NO2/c19-10-1-2-11-12-3-4-14(20)15(17(22)23)16(12)18(13(11)9-10)5-7-21-8-6-18/h1-4,9,21H,5-8H2,(H,22,23). The van der Waals surface area contributed by atoms with Crippen LogP contribution in [-0.4, -0.2) is 24.2 Å². The van der Waals surface area contributed by atoms with Crippen LogP contribution in [0.15, 0.2) is 39.3 Å². The van der Waals surface area contributed by atoms with Crippen LogP contribution in [0.4, 0.5) is 0 Å². The molecule has 4 rings (SSSR count). The topological polar surface area (TPSA) is 49.3 Å². The van der Waals surface area contributed by atoms with Crippen molar-refractivity contribution in [2.24, 2.45) is 0 Å². The highest BCUT2D eigenvalue weighted by Gasteiger charge is 2.46. The van der Waals surface area contributed by atoms with Gasteiger partial charge in [0.15, 0.2) is 0 Å². The van der Waals surface area contributed by atoms with Crippen LogP contribution < -0.4 is 5.32 Å². The lowest BCUT2D eigenvalue weighted by molar-refractivity contribution is 0.0693. The molecule has 0 amide bonds. The number of benzene rings is 2. The number of fused-ring (bicyclic) bond motifs is 5. The van der Waals surface area contributed by atoms with E-state index in [1.807, 2.05) is 12.1 Å². The zero-order chi connectivity index (χ0) is 16.2. The van der Waals surface area contributed by atoms with Gasteiger partial charge in [-0.25, -0.2) is 4.79 Å². The summed E-state index contributed by atoms with van der Waals surface area (Å²) in [5.74, 6) is -0.862. The van der Waals surface area contributed by atoms with Crippen LogP contribution in [0.5, 0.6) is 0 Å². The van der Waals surface area contributed by atoms with Gasteiger partial charge in [-0.1, -0.05) is 28.1 Å². The van der Waals surface area contributed by atoms with Crippen molar-refractivity contribution in [3.8, 4) is 11.1 Å². The number of aromatic carboxylic acids is 1. The van der Waals surface area contributed by atoms with E-state index < -0.39 is 5.97 Å². The van der Waals surface area contributed by atoms with Crippen LogP contribution in [0.25, 0.3) is 11.1 Å². The van der Waals surface area contributed by atoms with E-state index in [1.54, 1.807) is 0 Å². The lowest BCUT2D eigenvalue weighted by atomic mass is 9.70.